The molecule has 0 aromatic heterocycles. The maximum atomic E-state index is 12.9. The van der Waals surface area contributed by atoms with Crippen LogP contribution in [0, 0.1) is 5.92 Å². The SMILES string of the molecule is C[C@@H](N[C@H]1CCC[C@H](c2ccc(C(=O)N3CCC(C(=O)O)CC3)cc2)C1)c1cccc2ccccc12. The van der Waals surface area contributed by atoms with E-state index in [9.17, 15) is 14.7 Å². The first-order valence-electron chi connectivity index (χ1n) is 13.4. The minimum Gasteiger partial charge on any atom is -0.481 e. The number of benzene rings is 3. The van der Waals surface area contributed by atoms with E-state index in [4.69, 9.17) is 0 Å². The molecule has 188 valence electrons. The lowest BCUT2D eigenvalue weighted by molar-refractivity contribution is -0.143. The minimum atomic E-state index is -0.752. The van der Waals surface area contributed by atoms with Gasteiger partial charge < -0.3 is 15.3 Å². The molecular weight excluding hydrogens is 448 g/mol. The second-order valence-electron chi connectivity index (χ2n) is 10.5. The average molecular weight is 485 g/mol. The summed E-state index contributed by atoms with van der Waals surface area (Å²) in [5.74, 6) is -0.574. The summed E-state index contributed by atoms with van der Waals surface area (Å²) in [5, 5.41) is 15.7. The number of hydrogen-bond donors (Lipinski definition) is 2. The number of fused-ring (bicyclic) bond motifs is 1. The van der Waals surface area contributed by atoms with Gasteiger partial charge in [-0.25, -0.2) is 0 Å². The van der Waals surface area contributed by atoms with Crippen molar-refractivity contribution in [2.24, 2.45) is 5.92 Å². The van der Waals surface area contributed by atoms with Crippen LogP contribution in [0.1, 0.15) is 78.9 Å². The van der Waals surface area contributed by atoms with Gasteiger partial charge in [0.2, 0.25) is 0 Å². The number of carbonyl (C=O) groups is 2. The Bertz CT molecular complexity index is 1210. The van der Waals surface area contributed by atoms with Gasteiger partial charge >= 0.3 is 5.97 Å². The zero-order valence-corrected chi connectivity index (χ0v) is 21.0. The molecule has 5 nitrogen and oxygen atoms in total. The lowest BCUT2D eigenvalue weighted by Crippen LogP contribution is -2.40. The molecule has 1 aliphatic carbocycles. The van der Waals surface area contributed by atoms with Crippen molar-refractivity contribution >= 4 is 22.6 Å². The lowest BCUT2D eigenvalue weighted by Gasteiger charge is -2.33. The van der Waals surface area contributed by atoms with Gasteiger partial charge in [0.25, 0.3) is 5.91 Å². The number of piperidine rings is 1. The average Bonchev–Trinajstić information content (AvgIpc) is 2.92. The highest BCUT2D eigenvalue weighted by atomic mass is 16.4. The van der Waals surface area contributed by atoms with E-state index in [1.807, 2.05) is 12.1 Å². The van der Waals surface area contributed by atoms with Crippen molar-refractivity contribution in [1.82, 2.24) is 10.2 Å². The van der Waals surface area contributed by atoms with Gasteiger partial charge in [-0.1, -0.05) is 61.0 Å². The molecule has 0 spiro atoms. The number of likely N-dealkylation sites (tertiary alicyclic amines) is 1. The summed E-state index contributed by atoms with van der Waals surface area (Å²) in [5.41, 5.74) is 3.36. The van der Waals surface area contributed by atoms with Crippen LogP contribution in [0.3, 0.4) is 0 Å². The van der Waals surface area contributed by atoms with Crippen molar-refractivity contribution in [2.75, 3.05) is 13.1 Å². The van der Waals surface area contributed by atoms with E-state index < -0.39 is 5.97 Å². The minimum absolute atomic E-state index is 0.0116. The first kappa shape index (κ1) is 24.5. The smallest absolute Gasteiger partial charge is 0.306 e. The van der Waals surface area contributed by atoms with E-state index in [0.717, 1.165) is 6.42 Å². The molecule has 3 aromatic rings. The summed E-state index contributed by atoms with van der Waals surface area (Å²) in [6.07, 6.45) is 5.74. The van der Waals surface area contributed by atoms with Crippen LogP contribution in [-0.4, -0.2) is 41.0 Å². The van der Waals surface area contributed by atoms with E-state index in [1.165, 1.54) is 41.2 Å². The molecule has 1 heterocycles. The summed E-state index contributed by atoms with van der Waals surface area (Å²) in [6.45, 7) is 3.30. The fourth-order valence-electron chi connectivity index (χ4n) is 6.13. The summed E-state index contributed by atoms with van der Waals surface area (Å²) in [6, 6.07) is 24.1. The van der Waals surface area contributed by atoms with Crippen molar-refractivity contribution in [1.29, 1.82) is 0 Å². The molecule has 1 saturated heterocycles. The standard InChI is InChI=1S/C31H36N2O3/c1-21(28-11-5-7-23-6-2-3-10-29(23)28)32-27-9-4-8-26(20-27)22-12-14-24(15-13-22)30(34)33-18-16-25(17-19-33)31(35)36/h2-3,5-7,10-15,21,25-27,32H,4,8-9,16-20H2,1H3,(H,35,36)/t21-,26+,27+/m1/s1. The third-order valence-electron chi connectivity index (χ3n) is 8.21. The molecule has 3 aromatic carbocycles. The molecule has 0 radical (unpaired) electrons. The zero-order chi connectivity index (χ0) is 25.1. The molecular formula is C31H36N2O3. The quantitative estimate of drug-likeness (QED) is 0.440. The molecule has 5 heteroatoms. The summed E-state index contributed by atoms with van der Waals surface area (Å²) in [4.78, 5) is 25.9. The Labute approximate surface area is 213 Å². The maximum Gasteiger partial charge on any atom is 0.306 e. The van der Waals surface area contributed by atoms with Crippen LogP contribution in [0.15, 0.2) is 66.7 Å². The number of aliphatic carboxylic acids is 1. The highest BCUT2D eigenvalue weighted by Gasteiger charge is 2.28. The van der Waals surface area contributed by atoms with Gasteiger partial charge in [0, 0.05) is 30.7 Å². The topological polar surface area (TPSA) is 69.6 Å². The first-order valence-corrected chi connectivity index (χ1v) is 13.4. The number of nitrogens with one attached hydrogen (secondary N) is 1. The van der Waals surface area contributed by atoms with Crippen molar-refractivity contribution in [2.45, 2.75) is 63.5 Å². The first-order chi connectivity index (χ1) is 17.5. The second kappa shape index (κ2) is 10.8. The molecule has 0 bridgehead atoms. The van der Waals surface area contributed by atoms with Gasteiger partial charge in [0.15, 0.2) is 0 Å². The zero-order valence-electron chi connectivity index (χ0n) is 21.0. The van der Waals surface area contributed by atoms with E-state index in [-0.39, 0.29) is 17.9 Å². The number of carbonyl (C=O) groups excluding carboxylic acids is 1. The number of carboxylic acids is 1. The number of hydrogen-bond acceptors (Lipinski definition) is 3. The third kappa shape index (κ3) is 5.31. The van der Waals surface area contributed by atoms with E-state index in [2.05, 4.69) is 66.8 Å². The predicted octanol–water partition coefficient (Wildman–Crippen LogP) is 6.15. The van der Waals surface area contributed by atoms with Crippen LogP contribution in [0.4, 0.5) is 0 Å². The monoisotopic (exact) mass is 484 g/mol. The molecule has 0 unspecified atom stereocenters. The Morgan fingerprint density at radius 3 is 2.39 bits per heavy atom. The molecule has 3 atom stereocenters. The molecule has 1 saturated carbocycles. The van der Waals surface area contributed by atoms with Gasteiger partial charge in [0.05, 0.1) is 5.92 Å². The number of carboxylic acid groups (broad SMARTS) is 1. The Morgan fingerprint density at radius 2 is 1.64 bits per heavy atom. The Kier molecular flexibility index (Phi) is 7.38. The van der Waals surface area contributed by atoms with Gasteiger partial charge in [-0.15, -0.1) is 0 Å². The molecule has 5 rings (SSSR count). The fraction of sp³-hybridized carbons (Fsp3) is 0.419. The largest absolute Gasteiger partial charge is 0.481 e. The number of amides is 1. The fourth-order valence-corrected chi connectivity index (χ4v) is 6.13. The van der Waals surface area contributed by atoms with E-state index in [0.29, 0.717) is 43.5 Å². The van der Waals surface area contributed by atoms with Crippen LogP contribution in [0.2, 0.25) is 0 Å². The number of rotatable bonds is 6. The van der Waals surface area contributed by atoms with Gasteiger partial charge in [-0.2, -0.15) is 0 Å². The Hall–Kier alpha value is -3.18. The molecule has 2 fully saturated rings. The third-order valence-corrected chi connectivity index (χ3v) is 8.21. The van der Waals surface area contributed by atoms with Crippen LogP contribution in [0.25, 0.3) is 10.8 Å². The summed E-state index contributed by atoms with van der Waals surface area (Å²) >= 11 is 0. The Balaban J connectivity index is 1.20. The molecule has 1 amide bonds. The molecule has 1 aliphatic heterocycles. The molecule has 36 heavy (non-hydrogen) atoms. The Morgan fingerprint density at radius 1 is 0.917 bits per heavy atom. The predicted molar refractivity (Wildman–Crippen MR) is 143 cm³/mol. The molecule has 2 aliphatic rings. The lowest BCUT2D eigenvalue weighted by atomic mass is 9.80. The van der Waals surface area contributed by atoms with Gasteiger partial charge in [0.1, 0.15) is 0 Å². The molecule has 2 N–H and O–H groups in total. The van der Waals surface area contributed by atoms with E-state index >= 15 is 0 Å². The summed E-state index contributed by atoms with van der Waals surface area (Å²) < 4.78 is 0. The highest BCUT2D eigenvalue weighted by molar-refractivity contribution is 5.94. The number of nitrogens with zero attached hydrogens (tertiary/aromatic N) is 1. The van der Waals surface area contributed by atoms with Crippen LogP contribution in [0.5, 0.6) is 0 Å². The van der Waals surface area contributed by atoms with Gasteiger partial charge in [-0.3, -0.25) is 9.59 Å². The van der Waals surface area contributed by atoms with Gasteiger partial charge in [-0.05, 0) is 79.0 Å². The normalized spacial score (nSPS) is 21.9. The maximum absolute atomic E-state index is 12.9. The van der Waals surface area contributed by atoms with Crippen molar-refractivity contribution in [3.8, 4) is 0 Å². The van der Waals surface area contributed by atoms with Crippen molar-refractivity contribution in [3.63, 3.8) is 0 Å². The van der Waals surface area contributed by atoms with Crippen LogP contribution < -0.4 is 5.32 Å². The van der Waals surface area contributed by atoms with Crippen LogP contribution >= 0.6 is 0 Å². The highest BCUT2D eigenvalue weighted by Crippen LogP contribution is 2.35. The van der Waals surface area contributed by atoms with Crippen LogP contribution in [-0.2, 0) is 4.79 Å². The van der Waals surface area contributed by atoms with E-state index in [1.54, 1.807) is 4.90 Å². The van der Waals surface area contributed by atoms with Crippen molar-refractivity contribution < 1.29 is 14.7 Å². The summed E-state index contributed by atoms with van der Waals surface area (Å²) in [7, 11) is 0. The second-order valence-corrected chi connectivity index (χ2v) is 10.5. The van der Waals surface area contributed by atoms with Crippen molar-refractivity contribution in [3.05, 3.63) is 83.4 Å².